The molecule has 0 radical (unpaired) electrons. The van der Waals surface area contributed by atoms with Gasteiger partial charge < -0.3 is 5.32 Å². The first-order chi connectivity index (χ1) is 8.67. The molecule has 0 unspecified atom stereocenters. The van der Waals surface area contributed by atoms with Crippen LogP contribution >= 0.6 is 22.7 Å². The lowest BCUT2D eigenvalue weighted by Gasteiger charge is -2.03. The lowest BCUT2D eigenvalue weighted by Crippen LogP contribution is -2.27. The Balaban J connectivity index is 1.81. The summed E-state index contributed by atoms with van der Waals surface area (Å²) >= 11 is 3.16. The molecule has 4 nitrogen and oxygen atoms in total. The predicted molar refractivity (Wildman–Crippen MR) is 76.4 cm³/mol. The summed E-state index contributed by atoms with van der Waals surface area (Å²) in [5.74, 6) is 0. The van der Waals surface area contributed by atoms with E-state index >= 15 is 0 Å². The van der Waals surface area contributed by atoms with Crippen LogP contribution in [0.3, 0.4) is 0 Å². The summed E-state index contributed by atoms with van der Waals surface area (Å²) in [6, 6.07) is 3.94. The molecule has 0 aromatic carbocycles. The number of aryl methyl sites for hydroxylation is 2. The van der Waals surface area contributed by atoms with Crippen molar-refractivity contribution < 1.29 is 4.79 Å². The van der Waals surface area contributed by atoms with E-state index in [1.165, 1.54) is 16.2 Å². The molecule has 0 saturated carbocycles. The lowest BCUT2D eigenvalue weighted by molar-refractivity contribution is 0.252. The fraction of sp³-hybridized carbons (Fsp3) is 0.333. The quantitative estimate of drug-likeness (QED) is 0.902. The van der Waals surface area contributed by atoms with Gasteiger partial charge in [0.2, 0.25) is 0 Å². The van der Waals surface area contributed by atoms with E-state index in [1.807, 2.05) is 12.3 Å². The van der Waals surface area contributed by atoms with Crippen LogP contribution in [0.25, 0.3) is 0 Å². The van der Waals surface area contributed by atoms with Gasteiger partial charge in [-0.15, -0.1) is 22.7 Å². The minimum atomic E-state index is -0.212. The molecule has 2 heterocycles. The number of aromatic nitrogens is 1. The number of hydrogen-bond donors (Lipinski definition) is 2. The molecular weight excluding hydrogens is 266 g/mol. The number of nitrogens with zero attached hydrogens (tertiary/aromatic N) is 1. The topological polar surface area (TPSA) is 54.0 Å². The largest absolute Gasteiger partial charge is 0.333 e. The van der Waals surface area contributed by atoms with Gasteiger partial charge in [-0.05, 0) is 25.5 Å². The van der Waals surface area contributed by atoms with E-state index in [0.29, 0.717) is 11.7 Å². The van der Waals surface area contributed by atoms with E-state index in [2.05, 4.69) is 34.7 Å². The van der Waals surface area contributed by atoms with E-state index in [1.54, 1.807) is 11.3 Å². The molecule has 2 amide bonds. The van der Waals surface area contributed by atoms with Gasteiger partial charge >= 0.3 is 6.03 Å². The molecule has 0 spiro atoms. The number of anilines is 1. The van der Waals surface area contributed by atoms with Crippen LogP contribution in [0.2, 0.25) is 0 Å². The number of thiazole rings is 1. The van der Waals surface area contributed by atoms with Crippen molar-refractivity contribution in [1.29, 1.82) is 0 Å². The van der Waals surface area contributed by atoms with E-state index in [-0.39, 0.29) is 6.03 Å². The van der Waals surface area contributed by atoms with Crippen LogP contribution in [-0.4, -0.2) is 11.0 Å². The minimum absolute atomic E-state index is 0.212. The Kier molecular flexibility index (Phi) is 4.33. The first-order valence-corrected chi connectivity index (χ1v) is 7.41. The maximum atomic E-state index is 11.6. The first-order valence-electron chi connectivity index (χ1n) is 5.72. The highest BCUT2D eigenvalue weighted by molar-refractivity contribution is 7.14. The van der Waals surface area contributed by atoms with Gasteiger partial charge in [-0.2, -0.15) is 0 Å². The third-order valence-corrected chi connectivity index (χ3v) is 4.43. The summed E-state index contributed by atoms with van der Waals surface area (Å²) in [6.45, 7) is 4.58. The molecule has 0 aliphatic rings. The molecule has 0 atom stereocenters. The Hall–Kier alpha value is -1.40. The van der Waals surface area contributed by atoms with Crippen LogP contribution in [0, 0.1) is 6.92 Å². The van der Waals surface area contributed by atoms with E-state index in [0.717, 1.165) is 17.0 Å². The third-order valence-electron chi connectivity index (χ3n) is 2.33. The smallest absolute Gasteiger partial charge is 0.321 e. The van der Waals surface area contributed by atoms with Crippen molar-refractivity contribution in [3.63, 3.8) is 0 Å². The molecule has 0 saturated heterocycles. The standard InChI is InChI=1S/C12H15N3OS2/c1-3-9-4-5-10(18-9)6-13-11(16)15-12-14-8(2)7-17-12/h4-5,7H,3,6H2,1-2H3,(H2,13,14,15,16). The third kappa shape index (κ3) is 3.54. The zero-order chi connectivity index (χ0) is 13.0. The van der Waals surface area contributed by atoms with Gasteiger partial charge in [0.05, 0.1) is 12.2 Å². The van der Waals surface area contributed by atoms with E-state index in [9.17, 15) is 4.79 Å². The summed E-state index contributed by atoms with van der Waals surface area (Å²) in [7, 11) is 0. The van der Waals surface area contributed by atoms with Crippen LogP contribution in [0.15, 0.2) is 17.5 Å². The number of hydrogen-bond acceptors (Lipinski definition) is 4. The second-order valence-electron chi connectivity index (χ2n) is 3.82. The normalized spacial score (nSPS) is 10.3. The van der Waals surface area contributed by atoms with Crippen molar-refractivity contribution in [3.05, 3.63) is 33.0 Å². The van der Waals surface area contributed by atoms with E-state index < -0.39 is 0 Å². The van der Waals surface area contributed by atoms with Crippen molar-refractivity contribution in [2.45, 2.75) is 26.8 Å². The van der Waals surface area contributed by atoms with Crippen LogP contribution in [0.4, 0.5) is 9.93 Å². The summed E-state index contributed by atoms with van der Waals surface area (Å²) in [5, 5.41) is 8.07. The van der Waals surface area contributed by atoms with Crippen molar-refractivity contribution in [2.75, 3.05) is 5.32 Å². The maximum absolute atomic E-state index is 11.6. The van der Waals surface area contributed by atoms with Crippen molar-refractivity contribution in [1.82, 2.24) is 10.3 Å². The molecule has 96 valence electrons. The number of thiophene rings is 1. The van der Waals surface area contributed by atoms with Crippen LogP contribution in [-0.2, 0) is 13.0 Å². The highest BCUT2D eigenvalue weighted by Gasteiger charge is 2.05. The molecule has 0 aliphatic carbocycles. The molecule has 18 heavy (non-hydrogen) atoms. The molecule has 2 rings (SSSR count). The van der Waals surface area contributed by atoms with Gasteiger partial charge in [0.15, 0.2) is 5.13 Å². The molecule has 0 bridgehead atoms. The Morgan fingerprint density at radius 3 is 2.78 bits per heavy atom. The lowest BCUT2D eigenvalue weighted by atomic mass is 10.4. The molecular formula is C12H15N3OS2. The molecule has 0 fully saturated rings. The number of carbonyl (C=O) groups is 1. The predicted octanol–water partition coefficient (Wildman–Crippen LogP) is 3.40. The van der Waals surface area contributed by atoms with Gasteiger partial charge in [0.25, 0.3) is 0 Å². The molecule has 2 aromatic heterocycles. The molecule has 2 N–H and O–H groups in total. The van der Waals surface area contributed by atoms with Crippen molar-refractivity contribution >= 4 is 33.8 Å². The number of amides is 2. The van der Waals surface area contributed by atoms with Crippen LogP contribution in [0.1, 0.15) is 22.4 Å². The zero-order valence-corrected chi connectivity index (χ0v) is 12.0. The fourth-order valence-electron chi connectivity index (χ4n) is 1.43. The van der Waals surface area contributed by atoms with Gasteiger partial charge in [0, 0.05) is 15.1 Å². The second-order valence-corrected chi connectivity index (χ2v) is 5.93. The Labute approximate surface area is 114 Å². The monoisotopic (exact) mass is 281 g/mol. The maximum Gasteiger partial charge on any atom is 0.321 e. The fourth-order valence-corrected chi connectivity index (χ4v) is 3.01. The van der Waals surface area contributed by atoms with Crippen LogP contribution in [0.5, 0.6) is 0 Å². The zero-order valence-electron chi connectivity index (χ0n) is 10.3. The SMILES string of the molecule is CCc1ccc(CNC(=O)Nc2nc(C)cs2)s1. The highest BCUT2D eigenvalue weighted by Crippen LogP contribution is 2.17. The highest BCUT2D eigenvalue weighted by atomic mass is 32.1. The molecule has 6 heteroatoms. The Morgan fingerprint density at radius 2 is 2.17 bits per heavy atom. The van der Waals surface area contributed by atoms with Gasteiger partial charge in [-0.3, -0.25) is 5.32 Å². The van der Waals surface area contributed by atoms with Crippen molar-refractivity contribution in [3.8, 4) is 0 Å². The number of rotatable bonds is 4. The average molecular weight is 281 g/mol. The van der Waals surface area contributed by atoms with Crippen molar-refractivity contribution in [2.24, 2.45) is 0 Å². The Morgan fingerprint density at radius 1 is 1.39 bits per heavy atom. The van der Waals surface area contributed by atoms with Gasteiger partial charge in [-0.1, -0.05) is 6.92 Å². The second kappa shape index (κ2) is 5.97. The van der Waals surface area contributed by atoms with Gasteiger partial charge in [-0.25, -0.2) is 9.78 Å². The molecule has 2 aromatic rings. The summed E-state index contributed by atoms with van der Waals surface area (Å²) in [4.78, 5) is 18.3. The Bertz CT molecular complexity index is 533. The average Bonchev–Trinajstić information content (AvgIpc) is 2.95. The summed E-state index contributed by atoms with van der Waals surface area (Å²) in [6.07, 6.45) is 1.04. The number of carbonyl (C=O) groups excluding carboxylic acids is 1. The number of nitrogens with one attached hydrogen (secondary N) is 2. The summed E-state index contributed by atoms with van der Waals surface area (Å²) in [5.41, 5.74) is 0.918. The minimum Gasteiger partial charge on any atom is -0.333 e. The van der Waals surface area contributed by atoms with Crippen LogP contribution < -0.4 is 10.6 Å². The number of urea groups is 1. The van der Waals surface area contributed by atoms with E-state index in [4.69, 9.17) is 0 Å². The summed E-state index contributed by atoms with van der Waals surface area (Å²) < 4.78 is 0. The first kappa shape index (κ1) is 13.0. The molecule has 0 aliphatic heterocycles. The van der Waals surface area contributed by atoms with Gasteiger partial charge in [0.1, 0.15) is 0 Å².